The van der Waals surface area contributed by atoms with Gasteiger partial charge in [-0.3, -0.25) is 4.98 Å². The van der Waals surface area contributed by atoms with Crippen LogP contribution >= 0.6 is 0 Å². The van der Waals surface area contributed by atoms with Crippen molar-refractivity contribution in [2.75, 3.05) is 24.6 Å². The van der Waals surface area contributed by atoms with Gasteiger partial charge in [0.05, 0.1) is 13.2 Å². The fourth-order valence-corrected chi connectivity index (χ4v) is 1.58. The molecule has 0 aliphatic heterocycles. The number of aliphatic hydroxyl groups excluding tert-OH is 2. The molecule has 16 heavy (non-hydrogen) atoms. The maximum atomic E-state index is 9.24. The van der Waals surface area contributed by atoms with Gasteiger partial charge in [-0.1, -0.05) is 6.08 Å². The first kappa shape index (κ1) is 12.7. The Morgan fingerprint density at radius 2 is 2.25 bits per heavy atom. The molecule has 0 aromatic carbocycles. The molecule has 0 spiro atoms. The molecule has 0 bridgehead atoms. The summed E-state index contributed by atoms with van der Waals surface area (Å²) in [7, 11) is 0. The third-order valence-electron chi connectivity index (χ3n) is 2.33. The molecule has 0 aliphatic rings. The molecule has 2 N–H and O–H groups in total. The lowest BCUT2D eigenvalue weighted by atomic mass is 10.2. The van der Waals surface area contributed by atoms with E-state index in [4.69, 9.17) is 5.11 Å². The van der Waals surface area contributed by atoms with Gasteiger partial charge < -0.3 is 15.1 Å². The van der Waals surface area contributed by atoms with Crippen molar-refractivity contribution < 1.29 is 10.2 Å². The molecule has 0 saturated carbocycles. The minimum absolute atomic E-state index is 0.0539. The Morgan fingerprint density at radius 1 is 1.50 bits per heavy atom. The second-order valence-corrected chi connectivity index (χ2v) is 3.57. The summed E-state index contributed by atoms with van der Waals surface area (Å²) < 4.78 is 0. The highest BCUT2D eigenvalue weighted by molar-refractivity contribution is 5.53. The van der Waals surface area contributed by atoms with E-state index in [1.165, 1.54) is 0 Å². The molecular weight excluding hydrogens is 204 g/mol. The zero-order chi connectivity index (χ0) is 12.0. The van der Waals surface area contributed by atoms with Crippen LogP contribution in [0.3, 0.4) is 0 Å². The quantitative estimate of drug-likeness (QED) is 0.701. The number of hydrogen-bond donors (Lipinski definition) is 2. The standard InChI is InChI=1S/C12H18N2O2/c1-3-4-14(5-6-15)12-7-10(2)13-8-11(12)9-16/h3,7-8,15-16H,1,4-6,9H2,2H3. The second-order valence-electron chi connectivity index (χ2n) is 3.57. The molecule has 0 radical (unpaired) electrons. The van der Waals surface area contributed by atoms with Crippen LogP contribution in [-0.2, 0) is 6.61 Å². The first-order valence-electron chi connectivity index (χ1n) is 5.26. The Balaban J connectivity index is 3.04. The molecule has 0 aliphatic carbocycles. The fourth-order valence-electron chi connectivity index (χ4n) is 1.58. The van der Waals surface area contributed by atoms with E-state index in [-0.39, 0.29) is 13.2 Å². The van der Waals surface area contributed by atoms with Crippen molar-refractivity contribution in [3.05, 3.63) is 36.2 Å². The summed E-state index contributed by atoms with van der Waals surface area (Å²) in [6.45, 7) is 6.75. The molecule has 0 amide bonds. The van der Waals surface area contributed by atoms with Crippen LogP contribution in [0, 0.1) is 6.92 Å². The van der Waals surface area contributed by atoms with Crippen molar-refractivity contribution in [1.82, 2.24) is 4.98 Å². The molecule has 0 fully saturated rings. The summed E-state index contributed by atoms with van der Waals surface area (Å²) >= 11 is 0. The lowest BCUT2D eigenvalue weighted by molar-refractivity contribution is 0.280. The van der Waals surface area contributed by atoms with Gasteiger partial charge in [-0.2, -0.15) is 0 Å². The van der Waals surface area contributed by atoms with Crippen LogP contribution in [0.25, 0.3) is 0 Å². The van der Waals surface area contributed by atoms with E-state index < -0.39 is 0 Å². The van der Waals surface area contributed by atoms with E-state index in [0.29, 0.717) is 13.1 Å². The summed E-state index contributed by atoms with van der Waals surface area (Å²) in [5.74, 6) is 0. The van der Waals surface area contributed by atoms with Crippen LogP contribution in [-0.4, -0.2) is 34.9 Å². The van der Waals surface area contributed by atoms with Crippen LogP contribution in [0.5, 0.6) is 0 Å². The molecule has 0 unspecified atom stereocenters. The minimum atomic E-state index is -0.0539. The predicted molar refractivity (Wildman–Crippen MR) is 64.4 cm³/mol. The fraction of sp³-hybridized carbons (Fsp3) is 0.417. The van der Waals surface area contributed by atoms with Gasteiger partial charge in [0.15, 0.2) is 0 Å². The Hall–Kier alpha value is -1.39. The molecule has 0 saturated heterocycles. The van der Waals surface area contributed by atoms with Crippen LogP contribution in [0.1, 0.15) is 11.3 Å². The molecule has 1 rings (SSSR count). The Kier molecular flexibility index (Phi) is 4.95. The van der Waals surface area contributed by atoms with Gasteiger partial charge in [0.2, 0.25) is 0 Å². The number of hydrogen-bond acceptors (Lipinski definition) is 4. The van der Waals surface area contributed by atoms with E-state index in [0.717, 1.165) is 16.9 Å². The van der Waals surface area contributed by atoms with E-state index in [1.54, 1.807) is 12.3 Å². The smallest absolute Gasteiger partial charge is 0.0717 e. The summed E-state index contributed by atoms with van der Waals surface area (Å²) in [5, 5.41) is 18.2. The maximum Gasteiger partial charge on any atom is 0.0717 e. The van der Waals surface area contributed by atoms with Gasteiger partial charge in [-0.15, -0.1) is 6.58 Å². The van der Waals surface area contributed by atoms with Gasteiger partial charge in [0, 0.05) is 36.2 Å². The summed E-state index contributed by atoms with van der Waals surface area (Å²) in [6.07, 6.45) is 3.44. The SMILES string of the molecule is C=CCN(CCO)c1cc(C)ncc1CO. The van der Waals surface area contributed by atoms with E-state index in [9.17, 15) is 5.11 Å². The minimum Gasteiger partial charge on any atom is -0.395 e. The van der Waals surface area contributed by atoms with Crippen LogP contribution in [0.2, 0.25) is 0 Å². The largest absolute Gasteiger partial charge is 0.395 e. The highest BCUT2D eigenvalue weighted by Crippen LogP contribution is 2.20. The summed E-state index contributed by atoms with van der Waals surface area (Å²) in [5.41, 5.74) is 2.56. The van der Waals surface area contributed by atoms with Crippen LogP contribution < -0.4 is 4.90 Å². The van der Waals surface area contributed by atoms with Crippen molar-refractivity contribution in [2.45, 2.75) is 13.5 Å². The van der Waals surface area contributed by atoms with Gasteiger partial charge in [-0.25, -0.2) is 0 Å². The summed E-state index contributed by atoms with van der Waals surface area (Å²) in [4.78, 5) is 6.10. The van der Waals surface area contributed by atoms with E-state index in [2.05, 4.69) is 11.6 Å². The van der Waals surface area contributed by atoms with Crippen LogP contribution in [0.4, 0.5) is 5.69 Å². The molecule has 0 atom stereocenters. The number of nitrogens with zero attached hydrogens (tertiary/aromatic N) is 2. The first-order valence-corrected chi connectivity index (χ1v) is 5.26. The molecule has 88 valence electrons. The number of anilines is 1. The van der Waals surface area contributed by atoms with Crippen molar-refractivity contribution in [3.63, 3.8) is 0 Å². The molecule has 1 heterocycles. The average molecular weight is 222 g/mol. The van der Waals surface area contributed by atoms with Gasteiger partial charge in [0.1, 0.15) is 0 Å². The highest BCUT2D eigenvalue weighted by Gasteiger charge is 2.10. The number of aromatic nitrogens is 1. The van der Waals surface area contributed by atoms with Crippen molar-refractivity contribution in [2.24, 2.45) is 0 Å². The van der Waals surface area contributed by atoms with Crippen molar-refractivity contribution in [3.8, 4) is 0 Å². The van der Waals surface area contributed by atoms with Gasteiger partial charge in [-0.05, 0) is 13.0 Å². The number of aryl methyl sites for hydroxylation is 1. The zero-order valence-electron chi connectivity index (χ0n) is 9.56. The normalized spacial score (nSPS) is 10.2. The third-order valence-corrected chi connectivity index (χ3v) is 2.33. The zero-order valence-corrected chi connectivity index (χ0v) is 9.56. The predicted octanol–water partition coefficient (Wildman–Crippen LogP) is 0.867. The van der Waals surface area contributed by atoms with Crippen molar-refractivity contribution >= 4 is 5.69 Å². The molecule has 1 aromatic heterocycles. The van der Waals surface area contributed by atoms with E-state index >= 15 is 0 Å². The average Bonchev–Trinajstić information content (AvgIpc) is 2.29. The molecule has 4 heteroatoms. The maximum absolute atomic E-state index is 9.24. The lowest BCUT2D eigenvalue weighted by Crippen LogP contribution is -2.27. The Bertz CT molecular complexity index is 353. The van der Waals surface area contributed by atoms with Gasteiger partial charge >= 0.3 is 0 Å². The van der Waals surface area contributed by atoms with Gasteiger partial charge in [0.25, 0.3) is 0 Å². The Labute approximate surface area is 95.9 Å². The topological polar surface area (TPSA) is 56.6 Å². The highest BCUT2D eigenvalue weighted by atomic mass is 16.3. The third kappa shape index (κ3) is 3.05. The molecule has 1 aromatic rings. The van der Waals surface area contributed by atoms with Crippen LogP contribution in [0.15, 0.2) is 24.9 Å². The van der Waals surface area contributed by atoms with E-state index in [1.807, 2.05) is 17.9 Å². The lowest BCUT2D eigenvalue weighted by Gasteiger charge is -2.24. The summed E-state index contributed by atoms with van der Waals surface area (Å²) in [6, 6.07) is 1.91. The van der Waals surface area contributed by atoms with Crippen molar-refractivity contribution in [1.29, 1.82) is 0 Å². The molecule has 4 nitrogen and oxygen atoms in total. The molecular formula is C12H18N2O2. The number of rotatable bonds is 6. The first-order chi connectivity index (χ1) is 7.72. The number of aliphatic hydroxyl groups is 2. The second kappa shape index (κ2) is 6.25. The number of pyridine rings is 1. The Morgan fingerprint density at radius 3 is 2.81 bits per heavy atom. The monoisotopic (exact) mass is 222 g/mol.